The molecule has 0 aliphatic carbocycles. The number of carbonyl (C=O) groups excluding carboxylic acids is 1. The molecule has 0 aliphatic rings. The average molecular weight is 340 g/mol. The Balaban J connectivity index is 1.72. The number of nitrogens with zero attached hydrogens (tertiary/aromatic N) is 1. The largest absolute Gasteiger partial charge is 0.492 e. The third-order valence-corrected chi connectivity index (χ3v) is 3.53. The maximum Gasteiger partial charge on any atom is 0.251 e. The standard InChI is InChI=1S/C19H24N4O2/c1-20-18(24)16-10-8-15(9-11-16)14-23-19(21-2)22-12-13-25-17-6-4-3-5-7-17/h3-11H,12-14H2,1-2H3,(H,20,24)(H2,21,22,23). The lowest BCUT2D eigenvalue weighted by Crippen LogP contribution is -2.38. The first-order chi connectivity index (χ1) is 12.2. The van der Waals surface area contributed by atoms with E-state index >= 15 is 0 Å². The molecule has 25 heavy (non-hydrogen) atoms. The van der Waals surface area contributed by atoms with Crippen molar-refractivity contribution >= 4 is 11.9 Å². The van der Waals surface area contributed by atoms with Crippen LogP contribution in [0.4, 0.5) is 0 Å². The fourth-order valence-electron chi connectivity index (χ4n) is 2.18. The molecule has 0 aromatic heterocycles. The molecule has 0 radical (unpaired) electrons. The van der Waals surface area contributed by atoms with Gasteiger partial charge in [-0.1, -0.05) is 30.3 Å². The summed E-state index contributed by atoms with van der Waals surface area (Å²) >= 11 is 0. The Morgan fingerprint density at radius 2 is 1.76 bits per heavy atom. The zero-order chi connectivity index (χ0) is 17.9. The maximum atomic E-state index is 11.5. The molecule has 0 saturated heterocycles. The van der Waals surface area contributed by atoms with Gasteiger partial charge in [0.15, 0.2) is 5.96 Å². The summed E-state index contributed by atoms with van der Waals surface area (Å²) in [5.41, 5.74) is 1.71. The van der Waals surface area contributed by atoms with Crippen LogP contribution in [0, 0.1) is 0 Å². The number of nitrogens with one attached hydrogen (secondary N) is 3. The highest BCUT2D eigenvalue weighted by Gasteiger charge is 2.03. The van der Waals surface area contributed by atoms with Crippen molar-refractivity contribution in [3.05, 3.63) is 65.7 Å². The van der Waals surface area contributed by atoms with Crippen LogP contribution in [0.2, 0.25) is 0 Å². The second-order valence-electron chi connectivity index (χ2n) is 5.29. The number of rotatable bonds is 7. The van der Waals surface area contributed by atoms with E-state index in [9.17, 15) is 4.79 Å². The summed E-state index contributed by atoms with van der Waals surface area (Å²) in [5.74, 6) is 1.46. The first-order valence-electron chi connectivity index (χ1n) is 8.16. The molecule has 6 heteroatoms. The third kappa shape index (κ3) is 6.18. The third-order valence-electron chi connectivity index (χ3n) is 3.53. The quantitative estimate of drug-likeness (QED) is 0.408. The molecule has 6 nitrogen and oxygen atoms in total. The van der Waals surface area contributed by atoms with Crippen LogP contribution < -0.4 is 20.7 Å². The Hall–Kier alpha value is -3.02. The van der Waals surface area contributed by atoms with Gasteiger partial charge in [0.25, 0.3) is 5.91 Å². The van der Waals surface area contributed by atoms with E-state index in [1.807, 2.05) is 42.5 Å². The number of para-hydroxylation sites is 1. The zero-order valence-electron chi connectivity index (χ0n) is 14.6. The molecule has 2 aromatic carbocycles. The van der Waals surface area contributed by atoms with Crippen molar-refractivity contribution in [3.8, 4) is 5.75 Å². The average Bonchev–Trinajstić information content (AvgIpc) is 2.68. The van der Waals surface area contributed by atoms with Crippen molar-refractivity contribution in [1.29, 1.82) is 0 Å². The molecular formula is C19H24N4O2. The fourth-order valence-corrected chi connectivity index (χ4v) is 2.18. The molecule has 0 bridgehead atoms. The Morgan fingerprint density at radius 1 is 1.04 bits per heavy atom. The van der Waals surface area contributed by atoms with Crippen LogP contribution >= 0.6 is 0 Å². The second-order valence-corrected chi connectivity index (χ2v) is 5.29. The number of guanidine groups is 1. The van der Waals surface area contributed by atoms with Crippen LogP contribution in [0.25, 0.3) is 0 Å². The summed E-state index contributed by atoms with van der Waals surface area (Å²) in [6.45, 7) is 1.81. The smallest absolute Gasteiger partial charge is 0.251 e. The van der Waals surface area contributed by atoms with Gasteiger partial charge in [-0.2, -0.15) is 0 Å². The predicted molar refractivity (Wildman–Crippen MR) is 100.0 cm³/mol. The highest BCUT2D eigenvalue weighted by molar-refractivity contribution is 5.93. The van der Waals surface area contributed by atoms with Crippen LogP contribution in [-0.2, 0) is 6.54 Å². The molecule has 0 unspecified atom stereocenters. The SMILES string of the molecule is CN=C(NCCOc1ccccc1)NCc1ccc(C(=O)NC)cc1. The van der Waals surface area contributed by atoms with Crippen LogP contribution in [0.15, 0.2) is 59.6 Å². The minimum atomic E-state index is -0.0876. The summed E-state index contributed by atoms with van der Waals surface area (Å²) < 4.78 is 5.63. The summed E-state index contributed by atoms with van der Waals surface area (Å²) in [4.78, 5) is 15.7. The molecule has 0 atom stereocenters. The van der Waals surface area contributed by atoms with Gasteiger partial charge in [0.2, 0.25) is 0 Å². The van der Waals surface area contributed by atoms with Crippen molar-refractivity contribution < 1.29 is 9.53 Å². The molecule has 0 spiro atoms. The highest BCUT2D eigenvalue weighted by Crippen LogP contribution is 2.07. The molecule has 3 N–H and O–H groups in total. The first-order valence-corrected chi connectivity index (χ1v) is 8.16. The lowest BCUT2D eigenvalue weighted by molar-refractivity contribution is 0.0963. The fraction of sp³-hybridized carbons (Fsp3) is 0.263. The van der Waals surface area contributed by atoms with Crippen molar-refractivity contribution in [1.82, 2.24) is 16.0 Å². The number of hydrogen-bond acceptors (Lipinski definition) is 3. The van der Waals surface area contributed by atoms with Gasteiger partial charge in [-0.3, -0.25) is 9.79 Å². The Morgan fingerprint density at radius 3 is 2.40 bits per heavy atom. The summed E-state index contributed by atoms with van der Waals surface area (Å²) in [6, 6.07) is 17.1. The molecule has 132 valence electrons. The van der Waals surface area contributed by atoms with Gasteiger partial charge in [0, 0.05) is 26.2 Å². The van der Waals surface area contributed by atoms with E-state index < -0.39 is 0 Å². The minimum absolute atomic E-state index is 0.0876. The van der Waals surface area contributed by atoms with Gasteiger partial charge in [0.1, 0.15) is 12.4 Å². The number of amides is 1. The molecule has 2 rings (SSSR count). The molecule has 2 aromatic rings. The number of hydrogen-bond donors (Lipinski definition) is 3. The van der Waals surface area contributed by atoms with Crippen LogP contribution in [0.1, 0.15) is 15.9 Å². The van der Waals surface area contributed by atoms with Gasteiger partial charge in [0.05, 0.1) is 6.54 Å². The van der Waals surface area contributed by atoms with Crippen molar-refractivity contribution in [2.75, 3.05) is 27.2 Å². The van der Waals surface area contributed by atoms with E-state index in [-0.39, 0.29) is 5.91 Å². The molecule has 1 amide bonds. The lowest BCUT2D eigenvalue weighted by Gasteiger charge is -2.13. The zero-order valence-corrected chi connectivity index (χ0v) is 14.6. The Kier molecular flexibility index (Phi) is 7.31. The van der Waals surface area contributed by atoms with Crippen LogP contribution in [-0.4, -0.2) is 39.1 Å². The second kappa shape index (κ2) is 9.97. The summed E-state index contributed by atoms with van der Waals surface area (Å²) in [5, 5.41) is 9.03. The summed E-state index contributed by atoms with van der Waals surface area (Å²) in [7, 11) is 3.34. The molecule has 0 aliphatic heterocycles. The van der Waals surface area contributed by atoms with Crippen LogP contribution in [0.5, 0.6) is 5.75 Å². The molecule has 0 heterocycles. The Bertz CT molecular complexity index is 684. The lowest BCUT2D eigenvalue weighted by atomic mass is 10.1. The Labute approximate surface area is 148 Å². The normalized spacial score (nSPS) is 10.9. The minimum Gasteiger partial charge on any atom is -0.492 e. The molecular weight excluding hydrogens is 316 g/mol. The van der Waals surface area contributed by atoms with E-state index in [0.29, 0.717) is 31.2 Å². The van der Waals surface area contributed by atoms with E-state index in [1.165, 1.54) is 0 Å². The van der Waals surface area contributed by atoms with Crippen molar-refractivity contribution in [3.63, 3.8) is 0 Å². The van der Waals surface area contributed by atoms with Gasteiger partial charge in [-0.25, -0.2) is 0 Å². The van der Waals surface area contributed by atoms with Gasteiger partial charge in [-0.15, -0.1) is 0 Å². The topological polar surface area (TPSA) is 74.8 Å². The van der Waals surface area contributed by atoms with Gasteiger partial charge < -0.3 is 20.7 Å². The predicted octanol–water partition coefficient (Wildman–Crippen LogP) is 1.79. The van der Waals surface area contributed by atoms with E-state index in [0.717, 1.165) is 11.3 Å². The monoisotopic (exact) mass is 340 g/mol. The maximum absolute atomic E-state index is 11.5. The number of aliphatic imine (C=N–C) groups is 1. The molecule has 0 fully saturated rings. The van der Waals surface area contributed by atoms with E-state index in [2.05, 4.69) is 20.9 Å². The first kappa shape index (κ1) is 18.3. The van der Waals surface area contributed by atoms with E-state index in [4.69, 9.17) is 4.74 Å². The number of benzene rings is 2. The van der Waals surface area contributed by atoms with Gasteiger partial charge >= 0.3 is 0 Å². The van der Waals surface area contributed by atoms with Crippen LogP contribution in [0.3, 0.4) is 0 Å². The summed E-state index contributed by atoms with van der Waals surface area (Å²) in [6.07, 6.45) is 0. The van der Waals surface area contributed by atoms with E-state index in [1.54, 1.807) is 26.2 Å². The highest BCUT2D eigenvalue weighted by atomic mass is 16.5. The van der Waals surface area contributed by atoms with Crippen molar-refractivity contribution in [2.45, 2.75) is 6.54 Å². The number of carbonyl (C=O) groups is 1. The van der Waals surface area contributed by atoms with Crippen molar-refractivity contribution in [2.24, 2.45) is 4.99 Å². The molecule has 0 saturated carbocycles. The number of ether oxygens (including phenoxy) is 1. The van der Waals surface area contributed by atoms with Gasteiger partial charge in [-0.05, 0) is 29.8 Å².